The molecular weight excluding hydrogens is 229 g/mol. The third-order valence-electron chi connectivity index (χ3n) is 2.80. The predicted molar refractivity (Wildman–Crippen MR) is 69.0 cm³/mol. The minimum Gasteiger partial charge on any atom is -0.355 e. The van der Waals surface area contributed by atoms with Crippen LogP contribution in [-0.2, 0) is 6.42 Å². The fourth-order valence-electron chi connectivity index (χ4n) is 1.85. The van der Waals surface area contributed by atoms with Crippen molar-refractivity contribution < 1.29 is 9.18 Å². The molecule has 0 bridgehead atoms. The van der Waals surface area contributed by atoms with E-state index in [1.165, 1.54) is 12.1 Å². The van der Waals surface area contributed by atoms with Crippen LogP contribution in [0.3, 0.4) is 0 Å². The molecule has 18 heavy (non-hydrogen) atoms. The van der Waals surface area contributed by atoms with Crippen LogP contribution >= 0.6 is 0 Å². The third kappa shape index (κ3) is 2.74. The normalized spacial score (nSPS) is 10.1. The summed E-state index contributed by atoms with van der Waals surface area (Å²) in [5.41, 5.74) is 2.57. The quantitative estimate of drug-likeness (QED) is 0.882. The van der Waals surface area contributed by atoms with E-state index in [9.17, 15) is 9.18 Å². The second kappa shape index (κ2) is 5.45. The Kier molecular flexibility index (Phi) is 3.72. The molecule has 3 heteroatoms. The molecule has 0 radical (unpaired) electrons. The van der Waals surface area contributed by atoms with Gasteiger partial charge in [0.25, 0.3) is 5.91 Å². The minimum absolute atomic E-state index is 0.104. The van der Waals surface area contributed by atoms with Gasteiger partial charge in [0.05, 0.1) is 0 Å². The van der Waals surface area contributed by atoms with E-state index >= 15 is 0 Å². The third-order valence-corrected chi connectivity index (χ3v) is 2.80. The van der Waals surface area contributed by atoms with Gasteiger partial charge in [-0.1, -0.05) is 30.3 Å². The van der Waals surface area contributed by atoms with E-state index in [0.29, 0.717) is 12.0 Å². The molecule has 2 aromatic carbocycles. The number of benzene rings is 2. The number of rotatable bonds is 3. The lowest BCUT2D eigenvalue weighted by molar-refractivity contribution is 0.0962. The summed E-state index contributed by atoms with van der Waals surface area (Å²) in [4.78, 5) is 11.7. The number of amides is 1. The molecule has 0 aliphatic heterocycles. The molecule has 0 aliphatic rings. The van der Waals surface area contributed by atoms with Gasteiger partial charge < -0.3 is 5.32 Å². The van der Waals surface area contributed by atoms with Crippen molar-refractivity contribution in [2.75, 3.05) is 7.05 Å². The highest BCUT2D eigenvalue weighted by Gasteiger charge is 2.09. The summed E-state index contributed by atoms with van der Waals surface area (Å²) >= 11 is 0. The van der Waals surface area contributed by atoms with E-state index in [0.717, 1.165) is 11.1 Å². The number of hydrogen-bond acceptors (Lipinski definition) is 1. The van der Waals surface area contributed by atoms with Gasteiger partial charge in [-0.2, -0.15) is 0 Å². The molecule has 2 rings (SSSR count). The smallest absolute Gasteiger partial charge is 0.251 e. The number of nitrogens with one attached hydrogen (secondary N) is 1. The Hall–Kier alpha value is -2.16. The van der Waals surface area contributed by atoms with Gasteiger partial charge in [-0.25, -0.2) is 4.39 Å². The highest BCUT2D eigenvalue weighted by molar-refractivity contribution is 5.95. The summed E-state index contributed by atoms with van der Waals surface area (Å²) in [5, 5.41) is 2.62. The fraction of sp³-hybridized carbons (Fsp3) is 0.133. The first-order chi connectivity index (χ1) is 8.70. The van der Waals surface area contributed by atoms with E-state index in [1.807, 2.05) is 18.2 Å². The van der Waals surface area contributed by atoms with E-state index in [4.69, 9.17) is 0 Å². The zero-order valence-electron chi connectivity index (χ0n) is 10.1. The first-order valence-corrected chi connectivity index (χ1v) is 5.75. The molecule has 2 nitrogen and oxygen atoms in total. The van der Waals surface area contributed by atoms with Crippen molar-refractivity contribution in [3.8, 4) is 0 Å². The van der Waals surface area contributed by atoms with Crippen molar-refractivity contribution >= 4 is 5.91 Å². The summed E-state index contributed by atoms with van der Waals surface area (Å²) < 4.78 is 12.8. The van der Waals surface area contributed by atoms with Crippen molar-refractivity contribution in [1.29, 1.82) is 0 Å². The second-order valence-electron chi connectivity index (χ2n) is 4.04. The Morgan fingerprint density at radius 2 is 1.78 bits per heavy atom. The van der Waals surface area contributed by atoms with Gasteiger partial charge in [0, 0.05) is 12.6 Å². The molecule has 0 atom stereocenters. The SMILES string of the molecule is CNC(=O)c1ccccc1Cc1ccc(F)cc1. The van der Waals surface area contributed by atoms with Crippen molar-refractivity contribution in [3.63, 3.8) is 0 Å². The molecule has 1 N–H and O–H groups in total. The monoisotopic (exact) mass is 243 g/mol. The van der Waals surface area contributed by atoms with Crippen molar-refractivity contribution in [2.45, 2.75) is 6.42 Å². The maximum absolute atomic E-state index is 12.8. The van der Waals surface area contributed by atoms with Gasteiger partial charge in [0.2, 0.25) is 0 Å². The maximum Gasteiger partial charge on any atom is 0.251 e. The van der Waals surface area contributed by atoms with E-state index in [-0.39, 0.29) is 11.7 Å². The van der Waals surface area contributed by atoms with Gasteiger partial charge >= 0.3 is 0 Å². The van der Waals surface area contributed by atoms with Crippen molar-refractivity contribution in [3.05, 3.63) is 71.0 Å². The zero-order chi connectivity index (χ0) is 13.0. The Balaban J connectivity index is 2.28. The van der Waals surface area contributed by atoms with Crippen LogP contribution in [0.1, 0.15) is 21.5 Å². The van der Waals surface area contributed by atoms with Gasteiger partial charge in [-0.05, 0) is 35.7 Å². The van der Waals surface area contributed by atoms with Crippen LogP contribution in [0.15, 0.2) is 48.5 Å². The van der Waals surface area contributed by atoms with Crippen molar-refractivity contribution in [1.82, 2.24) is 5.32 Å². The minimum atomic E-state index is -0.252. The first-order valence-electron chi connectivity index (χ1n) is 5.75. The lowest BCUT2D eigenvalue weighted by atomic mass is 9.99. The molecule has 0 aliphatic carbocycles. The van der Waals surface area contributed by atoms with E-state index < -0.39 is 0 Å². The number of carbonyl (C=O) groups is 1. The first kappa shape index (κ1) is 12.3. The van der Waals surface area contributed by atoms with Crippen LogP contribution in [0, 0.1) is 5.82 Å². The highest BCUT2D eigenvalue weighted by Crippen LogP contribution is 2.14. The summed E-state index contributed by atoms with van der Waals surface area (Å²) in [7, 11) is 1.61. The zero-order valence-corrected chi connectivity index (χ0v) is 10.1. The summed E-state index contributed by atoms with van der Waals surface area (Å²) in [6, 6.07) is 13.7. The Morgan fingerprint density at radius 1 is 1.11 bits per heavy atom. The average molecular weight is 243 g/mol. The largest absolute Gasteiger partial charge is 0.355 e. The lowest BCUT2D eigenvalue weighted by Gasteiger charge is -2.08. The fourth-order valence-corrected chi connectivity index (χ4v) is 1.85. The summed E-state index contributed by atoms with van der Waals surface area (Å²) in [6.07, 6.45) is 0.615. The van der Waals surface area contributed by atoms with Crippen LogP contribution in [0.2, 0.25) is 0 Å². The van der Waals surface area contributed by atoms with E-state index in [1.54, 1.807) is 25.2 Å². The second-order valence-corrected chi connectivity index (χ2v) is 4.04. The van der Waals surface area contributed by atoms with Crippen LogP contribution in [0.25, 0.3) is 0 Å². The maximum atomic E-state index is 12.8. The Bertz CT molecular complexity index is 549. The number of hydrogen-bond donors (Lipinski definition) is 1. The molecule has 92 valence electrons. The van der Waals surface area contributed by atoms with Crippen LogP contribution < -0.4 is 5.32 Å². The Morgan fingerprint density at radius 3 is 2.44 bits per heavy atom. The van der Waals surface area contributed by atoms with Crippen LogP contribution in [0.5, 0.6) is 0 Å². The molecule has 0 fully saturated rings. The standard InChI is InChI=1S/C15H14FNO/c1-17-15(18)14-5-3-2-4-12(14)10-11-6-8-13(16)9-7-11/h2-9H,10H2,1H3,(H,17,18). The predicted octanol–water partition coefficient (Wildman–Crippen LogP) is 2.78. The van der Waals surface area contributed by atoms with Gasteiger partial charge in [-0.15, -0.1) is 0 Å². The Labute approximate surface area is 105 Å². The van der Waals surface area contributed by atoms with Gasteiger partial charge in [0.15, 0.2) is 0 Å². The average Bonchev–Trinajstić information content (AvgIpc) is 2.41. The number of carbonyl (C=O) groups excluding carboxylic acids is 1. The molecule has 0 saturated carbocycles. The highest BCUT2D eigenvalue weighted by atomic mass is 19.1. The van der Waals surface area contributed by atoms with Gasteiger partial charge in [0.1, 0.15) is 5.82 Å². The van der Waals surface area contributed by atoms with Crippen LogP contribution in [-0.4, -0.2) is 13.0 Å². The lowest BCUT2D eigenvalue weighted by Crippen LogP contribution is -2.19. The topological polar surface area (TPSA) is 29.1 Å². The van der Waals surface area contributed by atoms with E-state index in [2.05, 4.69) is 5.32 Å². The molecule has 0 aromatic heterocycles. The van der Waals surface area contributed by atoms with Gasteiger partial charge in [-0.3, -0.25) is 4.79 Å². The molecule has 0 unspecified atom stereocenters. The molecule has 2 aromatic rings. The number of halogens is 1. The molecule has 0 saturated heterocycles. The van der Waals surface area contributed by atoms with Crippen molar-refractivity contribution in [2.24, 2.45) is 0 Å². The molecule has 0 heterocycles. The molecule has 1 amide bonds. The molecular formula is C15H14FNO. The van der Waals surface area contributed by atoms with Crippen LogP contribution in [0.4, 0.5) is 4.39 Å². The summed E-state index contributed by atoms with van der Waals surface area (Å²) in [5.74, 6) is -0.356. The molecule has 0 spiro atoms. The summed E-state index contributed by atoms with van der Waals surface area (Å²) in [6.45, 7) is 0.